The number of nitrogens with zero attached hydrogens (tertiary/aromatic N) is 1. The number of ether oxygens (including phenoxy) is 1. The van der Waals surface area contributed by atoms with Crippen LogP contribution in [-0.4, -0.2) is 47.8 Å². The highest BCUT2D eigenvalue weighted by Gasteiger charge is 2.37. The number of aliphatic hydroxyl groups excluding tert-OH is 1. The third-order valence-corrected chi connectivity index (χ3v) is 4.45. The Bertz CT molecular complexity index is 289. The van der Waals surface area contributed by atoms with Gasteiger partial charge in [-0.25, -0.2) is 0 Å². The van der Waals surface area contributed by atoms with Gasteiger partial charge in [0.1, 0.15) is 0 Å². The van der Waals surface area contributed by atoms with Gasteiger partial charge in [-0.3, -0.25) is 4.79 Å². The van der Waals surface area contributed by atoms with Crippen LogP contribution in [0.15, 0.2) is 0 Å². The third kappa shape index (κ3) is 2.86. The van der Waals surface area contributed by atoms with Crippen molar-refractivity contribution in [1.29, 1.82) is 0 Å². The normalized spacial score (nSPS) is 35.6. The van der Waals surface area contributed by atoms with Crippen LogP contribution in [-0.2, 0) is 9.53 Å². The van der Waals surface area contributed by atoms with Crippen molar-refractivity contribution < 1.29 is 14.6 Å². The van der Waals surface area contributed by atoms with Crippen molar-refractivity contribution in [2.45, 2.75) is 51.7 Å². The molecule has 1 saturated carbocycles. The minimum atomic E-state index is 0.0419. The van der Waals surface area contributed by atoms with Crippen LogP contribution in [0.5, 0.6) is 0 Å². The smallest absolute Gasteiger partial charge is 0.223 e. The molecule has 0 aromatic carbocycles. The van der Waals surface area contributed by atoms with Crippen molar-refractivity contribution in [2.75, 3.05) is 19.8 Å². The van der Waals surface area contributed by atoms with E-state index >= 15 is 0 Å². The summed E-state index contributed by atoms with van der Waals surface area (Å²) in [6.45, 7) is 5.80. The maximum Gasteiger partial charge on any atom is 0.223 e. The summed E-state index contributed by atoms with van der Waals surface area (Å²) >= 11 is 0. The van der Waals surface area contributed by atoms with Gasteiger partial charge >= 0.3 is 0 Å². The molecular formula is C14H25NO3. The fourth-order valence-corrected chi connectivity index (χ4v) is 3.17. The van der Waals surface area contributed by atoms with Crippen molar-refractivity contribution >= 4 is 5.91 Å². The predicted molar refractivity (Wildman–Crippen MR) is 69.1 cm³/mol. The van der Waals surface area contributed by atoms with E-state index in [0.29, 0.717) is 24.4 Å². The second kappa shape index (κ2) is 6.02. The standard InChI is InChI=1S/C14H25NO3/c1-3-18-12-6-11(7-12)8-14(17)15-5-4-10(2)13(15)9-16/h10-13,16H,3-9H2,1-2H3. The van der Waals surface area contributed by atoms with E-state index in [0.717, 1.165) is 32.4 Å². The molecule has 4 nitrogen and oxygen atoms in total. The Morgan fingerprint density at radius 2 is 2.17 bits per heavy atom. The average Bonchev–Trinajstić information content (AvgIpc) is 2.67. The molecule has 1 aliphatic heterocycles. The van der Waals surface area contributed by atoms with Crippen LogP contribution < -0.4 is 0 Å². The van der Waals surface area contributed by atoms with Crippen LogP contribution in [0.1, 0.15) is 39.5 Å². The predicted octanol–water partition coefficient (Wildman–Crippen LogP) is 1.42. The lowest BCUT2D eigenvalue weighted by Gasteiger charge is -2.36. The summed E-state index contributed by atoms with van der Waals surface area (Å²) in [5.74, 6) is 1.14. The number of hydrogen-bond donors (Lipinski definition) is 1. The zero-order chi connectivity index (χ0) is 13.1. The molecule has 104 valence electrons. The maximum absolute atomic E-state index is 12.2. The van der Waals surface area contributed by atoms with Crippen LogP contribution >= 0.6 is 0 Å². The summed E-state index contributed by atoms with van der Waals surface area (Å²) in [5.41, 5.74) is 0. The van der Waals surface area contributed by atoms with Crippen molar-refractivity contribution in [3.8, 4) is 0 Å². The average molecular weight is 255 g/mol. The van der Waals surface area contributed by atoms with Gasteiger partial charge in [-0.1, -0.05) is 6.92 Å². The number of hydrogen-bond acceptors (Lipinski definition) is 3. The van der Waals surface area contributed by atoms with Gasteiger partial charge in [0.15, 0.2) is 0 Å². The molecule has 1 N–H and O–H groups in total. The summed E-state index contributed by atoms with van der Waals surface area (Å²) in [4.78, 5) is 14.1. The van der Waals surface area contributed by atoms with Crippen molar-refractivity contribution in [3.05, 3.63) is 0 Å². The largest absolute Gasteiger partial charge is 0.394 e. The first-order valence-corrected chi connectivity index (χ1v) is 7.17. The molecule has 1 saturated heterocycles. The summed E-state index contributed by atoms with van der Waals surface area (Å²) in [6.07, 6.45) is 4.06. The van der Waals surface area contributed by atoms with E-state index in [1.54, 1.807) is 0 Å². The number of aliphatic hydroxyl groups is 1. The van der Waals surface area contributed by atoms with E-state index in [1.807, 2.05) is 11.8 Å². The van der Waals surface area contributed by atoms with E-state index in [2.05, 4.69) is 6.92 Å². The minimum Gasteiger partial charge on any atom is -0.394 e. The minimum absolute atomic E-state index is 0.0419. The van der Waals surface area contributed by atoms with Crippen LogP contribution in [0.4, 0.5) is 0 Å². The quantitative estimate of drug-likeness (QED) is 0.808. The molecule has 1 aliphatic carbocycles. The number of carbonyl (C=O) groups is 1. The lowest BCUT2D eigenvalue weighted by molar-refractivity contribution is -0.136. The van der Waals surface area contributed by atoms with Crippen molar-refractivity contribution in [2.24, 2.45) is 11.8 Å². The highest BCUT2D eigenvalue weighted by atomic mass is 16.5. The van der Waals surface area contributed by atoms with Crippen LogP contribution in [0.3, 0.4) is 0 Å². The van der Waals surface area contributed by atoms with E-state index in [1.165, 1.54) is 0 Å². The molecule has 1 heterocycles. The third-order valence-electron chi connectivity index (χ3n) is 4.45. The van der Waals surface area contributed by atoms with Gasteiger partial charge in [-0.15, -0.1) is 0 Å². The molecule has 0 aromatic heterocycles. The first-order valence-electron chi connectivity index (χ1n) is 7.17. The molecular weight excluding hydrogens is 230 g/mol. The zero-order valence-electron chi connectivity index (χ0n) is 11.5. The summed E-state index contributed by atoms with van der Waals surface area (Å²) in [7, 11) is 0. The second-order valence-corrected chi connectivity index (χ2v) is 5.72. The Balaban J connectivity index is 1.76. The SMILES string of the molecule is CCOC1CC(CC(=O)N2CCC(C)C2CO)C1. The lowest BCUT2D eigenvalue weighted by Crippen LogP contribution is -2.42. The van der Waals surface area contributed by atoms with Gasteiger partial charge in [0.2, 0.25) is 5.91 Å². The van der Waals surface area contributed by atoms with Gasteiger partial charge in [0.25, 0.3) is 0 Å². The Morgan fingerprint density at radius 1 is 1.44 bits per heavy atom. The molecule has 2 fully saturated rings. The molecule has 2 atom stereocenters. The number of carbonyl (C=O) groups excluding carboxylic acids is 1. The first kappa shape index (κ1) is 13.8. The Kier molecular flexibility index (Phi) is 4.62. The van der Waals surface area contributed by atoms with E-state index < -0.39 is 0 Å². The van der Waals surface area contributed by atoms with Crippen molar-refractivity contribution in [1.82, 2.24) is 4.90 Å². The van der Waals surface area contributed by atoms with Gasteiger partial charge < -0.3 is 14.7 Å². The highest BCUT2D eigenvalue weighted by Crippen LogP contribution is 2.34. The molecule has 4 heteroatoms. The van der Waals surface area contributed by atoms with Crippen LogP contribution in [0, 0.1) is 11.8 Å². The molecule has 2 aliphatic rings. The molecule has 0 aromatic rings. The fraction of sp³-hybridized carbons (Fsp3) is 0.929. The molecule has 0 radical (unpaired) electrons. The number of rotatable bonds is 5. The van der Waals surface area contributed by atoms with Gasteiger partial charge in [-0.2, -0.15) is 0 Å². The van der Waals surface area contributed by atoms with Crippen LogP contribution in [0.25, 0.3) is 0 Å². The fourth-order valence-electron chi connectivity index (χ4n) is 3.17. The van der Waals surface area contributed by atoms with Crippen molar-refractivity contribution in [3.63, 3.8) is 0 Å². The van der Waals surface area contributed by atoms with Gasteiger partial charge in [0, 0.05) is 19.6 Å². The zero-order valence-corrected chi connectivity index (χ0v) is 11.5. The van der Waals surface area contributed by atoms with Gasteiger partial charge in [-0.05, 0) is 38.0 Å². The second-order valence-electron chi connectivity index (χ2n) is 5.72. The summed E-state index contributed by atoms with van der Waals surface area (Å²) in [5, 5.41) is 9.36. The Labute approximate surface area is 109 Å². The Hall–Kier alpha value is -0.610. The lowest BCUT2D eigenvalue weighted by atomic mass is 9.79. The van der Waals surface area contributed by atoms with Crippen LogP contribution in [0.2, 0.25) is 0 Å². The molecule has 0 bridgehead atoms. The monoisotopic (exact) mass is 255 g/mol. The molecule has 2 rings (SSSR count). The summed E-state index contributed by atoms with van der Waals surface area (Å²) in [6, 6.07) is 0.0419. The first-order chi connectivity index (χ1) is 8.65. The topological polar surface area (TPSA) is 49.8 Å². The molecule has 0 spiro atoms. The Morgan fingerprint density at radius 3 is 2.78 bits per heavy atom. The van der Waals surface area contributed by atoms with E-state index in [-0.39, 0.29) is 18.6 Å². The van der Waals surface area contributed by atoms with E-state index in [9.17, 15) is 9.90 Å². The maximum atomic E-state index is 12.2. The molecule has 2 unspecified atom stereocenters. The number of amides is 1. The molecule has 18 heavy (non-hydrogen) atoms. The summed E-state index contributed by atoms with van der Waals surface area (Å²) < 4.78 is 5.51. The number of likely N-dealkylation sites (tertiary alicyclic amines) is 1. The van der Waals surface area contributed by atoms with E-state index in [4.69, 9.17) is 4.74 Å². The van der Waals surface area contributed by atoms with Gasteiger partial charge in [0.05, 0.1) is 18.8 Å². The highest BCUT2D eigenvalue weighted by molar-refractivity contribution is 5.77. The molecule has 1 amide bonds.